The summed E-state index contributed by atoms with van der Waals surface area (Å²) in [5, 5.41) is 11.4. The van der Waals surface area contributed by atoms with Gasteiger partial charge < -0.3 is 20.1 Å². The molecule has 0 bridgehead atoms. The average molecular weight is 294 g/mol. The van der Waals surface area contributed by atoms with Crippen LogP contribution in [-0.4, -0.2) is 41.7 Å². The summed E-state index contributed by atoms with van der Waals surface area (Å²) in [5.41, 5.74) is 0.574. The van der Waals surface area contributed by atoms with Crippen LogP contribution in [0.3, 0.4) is 0 Å². The van der Waals surface area contributed by atoms with Gasteiger partial charge in [-0.15, -0.1) is 0 Å². The Morgan fingerprint density at radius 2 is 2.10 bits per heavy atom. The molecule has 6 heteroatoms. The standard InChI is InChI=1S/C15H22N2O4/c1-4-17(9-11(2)3)15(20)16-12-6-5-7-13(8-12)21-10-14(18)19/h5-8,11H,4,9-10H2,1-3H3,(H,16,20)(H,18,19). The molecule has 1 aromatic carbocycles. The largest absolute Gasteiger partial charge is 0.482 e. The number of carboxylic acids is 1. The summed E-state index contributed by atoms with van der Waals surface area (Å²) in [5.74, 6) is -0.249. The van der Waals surface area contributed by atoms with Crippen LogP contribution in [0.5, 0.6) is 5.75 Å². The molecule has 1 aromatic rings. The SMILES string of the molecule is CCN(CC(C)C)C(=O)Nc1cccc(OCC(=O)O)c1. The fourth-order valence-corrected chi connectivity index (χ4v) is 1.81. The molecule has 0 aliphatic carbocycles. The molecule has 0 atom stereocenters. The third kappa shape index (κ3) is 6.16. The molecule has 0 radical (unpaired) electrons. The fourth-order valence-electron chi connectivity index (χ4n) is 1.81. The van der Waals surface area contributed by atoms with Gasteiger partial charge in [0.05, 0.1) is 0 Å². The quantitative estimate of drug-likeness (QED) is 0.810. The summed E-state index contributed by atoms with van der Waals surface area (Å²) < 4.78 is 5.08. The molecule has 0 fully saturated rings. The molecule has 0 aromatic heterocycles. The summed E-state index contributed by atoms with van der Waals surface area (Å²) in [6.45, 7) is 6.92. The molecule has 1 rings (SSSR count). The number of hydrogen-bond donors (Lipinski definition) is 2. The molecule has 0 spiro atoms. The van der Waals surface area contributed by atoms with Crippen molar-refractivity contribution in [1.29, 1.82) is 0 Å². The van der Waals surface area contributed by atoms with Gasteiger partial charge in [-0.05, 0) is 25.0 Å². The maximum atomic E-state index is 12.1. The molecule has 116 valence electrons. The molecule has 6 nitrogen and oxygen atoms in total. The van der Waals surface area contributed by atoms with Crippen molar-refractivity contribution < 1.29 is 19.4 Å². The first-order chi connectivity index (χ1) is 9.92. The highest BCUT2D eigenvalue weighted by Crippen LogP contribution is 2.18. The molecule has 0 unspecified atom stereocenters. The van der Waals surface area contributed by atoms with E-state index in [1.165, 1.54) is 0 Å². The van der Waals surface area contributed by atoms with Crippen molar-refractivity contribution >= 4 is 17.7 Å². The Kier molecular flexibility index (Phi) is 6.52. The zero-order chi connectivity index (χ0) is 15.8. The van der Waals surface area contributed by atoms with Crippen molar-refractivity contribution in [1.82, 2.24) is 4.90 Å². The van der Waals surface area contributed by atoms with Crippen molar-refractivity contribution in [2.24, 2.45) is 5.92 Å². The summed E-state index contributed by atoms with van der Waals surface area (Å²) in [6.07, 6.45) is 0. The number of anilines is 1. The van der Waals surface area contributed by atoms with Crippen LogP contribution in [0.15, 0.2) is 24.3 Å². The van der Waals surface area contributed by atoms with E-state index in [0.717, 1.165) is 0 Å². The van der Waals surface area contributed by atoms with Crippen LogP contribution < -0.4 is 10.1 Å². The number of carbonyl (C=O) groups excluding carboxylic acids is 1. The van der Waals surface area contributed by atoms with Crippen LogP contribution in [0.2, 0.25) is 0 Å². The summed E-state index contributed by atoms with van der Waals surface area (Å²) in [6, 6.07) is 6.50. The number of hydrogen-bond acceptors (Lipinski definition) is 3. The van der Waals surface area contributed by atoms with Crippen LogP contribution in [0.1, 0.15) is 20.8 Å². The van der Waals surface area contributed by atoms with Gasteiger partial charge in [0.15, 0.2) is 6.61 Å². The van der Waals surface area contributed by atoms with E-state index in [1.807, 2.05) is 6.92 Å². The topological polar surface area (TPSA) is 78.9 Å². The lowest BCUT2D eigenvalue weighted by atomic mass is 10.2. The Labute approximate surface area is 124 Å². The Balaban J connectivity index is 2.66. The molecule has 2 amide bonds. The predicted molar refractivity (Wildman–Crippen MR) is 80.7 cm³/mol. The third-order valence-corrected chi connectivity index (χ3v) is 2.70. The molecule has 0 saturated carbocycles. The van der Waals surface area contributed by atoms with Gasteiger partial charge in [0.1, 0.15) is 5.75 Å². The Bertz CT molecular complexity index is 488. The summed E-state index contributed by atoms with van der Waals surface area (Å²) in [7, 11) is 0. The number of ether oxygens (including phenoxy) is 1. The normalized spacial score (nSPS) is 10.3. The molecule has 0 saturated heterocycles. The van der Waals surface area contributed by atoms with E-state index < -0.39 is 12.6 Å². The minimum absolute atomic E-state index is 0.179. The Hall–Kier alpha value is -2.24. The van der Waals surface area contributed by atoms with Crippen LogP contribution in [0.4, 0.5) is 10.5 Å². The lowest BCUT2D eigenvalue weighted by molar-refractivity contribution is -0.139. The van der Waals surface area contributed by atoms with Gasteiger partial charge >= 0.3 is 12.0 Å². The predicted octanol–water partition coefficient (Wildman–Crippen LogP) is 2.66. The van der Waals surface area contributed by atoms with Crippen molar-refractivity contribution in [2.45, 2.75) is 20.8 Å². The van der Waals surface area contributed by atoms with Crippen molar-refractivity contribution in [2.75, 3.05) is 25.0 Å². The van der Waals surface area contributed by atoms with Crippen LogP contribution in [0, 0.1) is 5.92 Å². The molecule has 0 heterocycles. The number of nitrogens with one attached hydrogen (secondary N) is 1. The van der Waals surface area contributed by atoms with Crippen molar-refractivity contribution in [3.05, 3.63) is 24.3 Å². The number of carboxylic acid groups (broad SMARTS) is 1. The second kappa shape index (κ2) is 8.14. The zero-order valence-electron chi connectivity index (χ0n) is 12.6. The van der Waals surface area contributed by atoms with Gasteiger partial charge in [0.2, 0.25) is 0 Å². The highest BCUT2D eigenvalue weighted by molar-refractivity contribution is 5.89. The molecule has 0 aliphatic heterocycles. The van der Waals surface area contributed by atoms with E-state index in [1.54, 1.807) is 29.2 Å². The molecule has 0 aliphatic rings. The monoisotopic (exact) mass is 294 g/mol. The zero-order valence-corrected chi connectivity index (χ0v) is 12.6. The summed E-state index contributed by atoms with van der Waals surface area (Å²) in [4.78, 5) is 24.3. The Morgan fingerprint density at radius 1 is 1.38 bits per heavy atom. The number of carbonyl (C=O) groups is 2. The minimum Gasteiger partial charge on any atom is -0.482 e. The molecular formula is C15H22N2O4. The molecule has 21 heavy (non-hydrogen) atoms. The minimum atomic E-state index is -1.04. The van der Waals surface area contributed by atoms with Crippen LogP contribution in [-0.2, 0) is 4.79 Å². The highest BCUT2D eigenvalue weighted by Gasteiger charge is 2.13. The maximum absolute atomic E-state index is 12.1. The van der Waals surface area contributed by atoms with E-state index in [-0.39, 0.29) is 6.03 Å². The van der Waals surface area contributed by atoms with Gasteiger partial charge in [-0.3, -0.25) is 0 Å². The first-order valence-electron chi connectivity index (χ1n) is 6.93. The second-order valence-electron chi connectivity index (χ2n) is 5.07. The number of aliphatic carboxylic acids is 1. The van der Waals surface area contributed by atoms with E-state index in [0.29, 0.717) is 30.4 Å². The first kappa shape index (κ1) is 16.8. The van der Waals surface area contributed by atoms with E-state index >= 15 is 0 Å². The average Bonchev–Trinajstić information content (AvgIpc) is 2.42. The fraction of sp³-hybridized carbons (Fsp3) is 0.467. The van der Waals surface area contributed by atoms with Gasteiger partial charge in [0.25, 0.3) is 0 Å². The summed E-state index contributed by atoms with van der Waals surface area (Å²) >= 11 is 0. The van der Waals surface area contributed by atoms with Crippen LogP contribution >= 0.6 is 0 Å². The van der Waals surface area contributed by atoms with Gasteiger partial charge in [0, 0.05) is 24.8 Å². The lowest BCUT2D eigenvalue weighted by Gasteiger charge is -2.23. The maximum Gasteiger partial charge on any atom is 0.341 e. The first-order valence-corrected chi connectivity index (χ1v) is 6.93. The van der Waals surface area contributed by atoms with Gasteiger partial charge in [-0.1, -0.05) is 19.9 Å². The smallest absolute Gasteiger partial charge is 0.341 e. The number of urea groups is 1. The van der Waals surface area contributed by atoms with Crippen LogP contribution in [0.25, 0.3) is 0 Å². The third-order valence-electron chi connectivity index (χ3n) is 2.70. The van der Waals surface area contributed by atoms with Gasteiger partial charge in [-0.2, -0.15) is 0 Å². The van der Waals surface area contributed by atoms with E-state index in [4.69, 9.17) is 9.84 Å². The molecular weight excluding hydrogens is 272 g/mol. The van der Waals surface area contributed by atoms with E-state index in [2.05, 4.69) is 19.2 Å². The van der Waals surface area contributed by atoms with E-state index in [9.17, 15) is 9.59 Å². The second-order valence-corrected chi connectivity index (χ2v) is 5.07. The van der Waals surface area contributed by atoms with Crippen molar-refractivity contribution in [3.8, 4) is 5.75 Å². The number of benzene rings is 1. The highest BCUT2D eigenvalue weighted by atomic mass is 16.5. The number of rotatable bonds is 7. The molecule has 2 N–H and O–H groups in total. The van der Waals surface area contributed by atoms with Gasteiger partial charge in [-0.25, -0.2) is 9.59 Å². The number of amides is 2. The number of nitrogens with zero attached hydrogens (tertiary/aromatic N) is 1. The lowest BCUT2D eigenvalue weighted by Crippen LogP contribution is -2.37. The Morgan fingerprint density at radius 3 is 2.67 bits per heavy atom. The van der Waals surface area contributed by atoms with Crippen molar-refractivity contribution in [3.63, 3.8) is 0 Å².